The molecule has 2 aliphatic heterocycles. The number of amides is 2. The van der Waals surface area contributed by atoms with Crippen LogP contribution in [0, 0.1) is 5.92 Å². The first-order chi connectivity index (χ1) is 20.5. The lowest BCUT2D eigenvalue weighted by Gasteiger charge is -2.31. The van der Waals surface area contributed by atoms with Crippen molar-refractivity contribution in [1.82, 2.24) is 9.97 Å². The first-order valence-corrected chi connectivity index (χ1v) is 14.9. The third-order valence-electron chi connectivity index (χ3n) is 7.87. The number of anilines is 2. The van der Waals surface area contributed by atoms with Crippen LogP contribution in [0.2, 0.25) is 0 Å². The van der Waals surface area contributed by atoms with Gasteiger partial charge in [0.25, 0.3) is 0 Å². The number of pyridine rings is 1. The molecule has 42 heavy (non-hydrogen) atoms. The summed E-state index contributed by atoms with van der Waals surface area (Å²) in [4.78, 5) is 50.8. The summed E-state index contributed by atoms with van der Waals surface area (Å²) in [5.41, 5.74) is 4.40. The highest BCUT2D eigenvalue weighted by Crippen LogP contribution is 2.38. The molecule has 2 aliphatic rings. The van der Waals surface area contributed by atoms with Crippen molar-refractivity contribution in [3.05, 3.63) is 96.0 Å². The SMILES string of the molecule is O=C(O)C[C@@H]1C(=O)N(c2nc(-c3ccccc3-c3ccc(N4CCCC4=O)nc3)cs2)CC=CC[C@@H]1c1ccccc1. The van der Waals surface area contributed by atoms with Crippen molar-refractivity contribution >= 4 is 40.1 Å². The van der Waals surface area contributed by atoms with E-state index in [1.165, 1.54) is 11.3 Å². The molecule has 0 unspecified atom stereocenters. The molecule has 0 saturated carbocycles. The zero-order chi connectivity index (χ0) is 29.1. The number of hydrogen-bond donors (Lipinski definition) is 1. The summed E-state index contributed by atoms with van der Waals surface area (Å²) in [5.74, 6) is -1.45. The third-order valence-corrected chi connectivity index (χ3v) is 8.73. The third kappa shape index (κ3) is 5.60. The van der Waals surface area contributed by atoms with Crippen molar-refractivity contribution < 1.29 is 19.5 Å². The smallest absolute Gasteiger partial charge is 0.304 e. The highest BCUT2D eigenvalue weighted by molar-refractivity contribution is 7.14. The molecule has 1 fully saturated rings. The predicted molar refractivity (Wildman–Crippen MR) is 163 cm³/mol. The fourth-order valence-corrected chi connectivity index (χ4v) is 6.61. The van der Waals surface area contributed by atoms with Crippen LogP contribution >= 0.6 is 11.3 Å². The Kier molecular flexibility index (Phi) is 7.92. The Bertz CT molecular complexity index is 1630. The van der Waals surface area contributed by atoms with Gasteiger partial charge in [0.2, 0.25) is 11.8 Å². The molecular weight excluding hydrogens is 548 g/mol. The topological polar surface area (TPSA) is 104 Å². The summed E-state index contributed by atoms with van der Waals surface area (Å²) in [6.45, 7) is 1.01. The van der Waals surface area contributed by atoms with Gasteiger partial charge in [-0.1, -0.05) is 66.7 Å². The van der Waals surface area contributed by atoms with Gasteiger partial charge in [-0.2, -0.15) is 0 Å². The van der Waals surface area contributed by atoms with E-state index in [0.29, 0.717) is 36.9 Å². The van der Waals surface area contributed by atoms with Crippen molar-refractivity contribution in [2.24, 2.45) is 5.92 Å². The second-order valence-corrected chi connectivity index (χ2v) is 11.3. The van der Waals surface area contributed by atoms with E-state index >= 15 is 0 Å². The molecule has 2 atom stereocenters. The zero-order valence-corrected chi connectivity index (χ0v) is 23.7. The van der Waals surface area contributed by atoms with Gasteiger partial charge < -0.3 is 5.11 Å². The van der Waals surface area contributed by atoms with Gasteiger partial charge in [0.1, 0.15) is 5.82 Å². The molecule has 1 N–H and O–H groups in total. The molecule has 212 valence electrons. The van der Waals surface area contributed by atoms with Gasteiger partial charge in [0, 0.05) is 42.2 Å². The van der Waals surface area contributed by atoms with E-state index in [0.717, 1.165) is 34.4 Å². The number of carbonyl (C=O) groups is 3. The van der Waals surface area contributed by atoms with E-state index in [2.05, 4.69) is 4.98 Å². The lowest BCUT2D eigenvalue weighted by Crippen LogP contribution is -2.40. The normalized spacial score (nSPS) is 19.1. The maximum atomic E-state index is 14.0. The lowest BCUT2D eigenvalue weighted by molar-refractivity contribution is -0.141. The molecule has 2 aromatic carbocycles. The van der Waals surface area contributed by atoms with Crippen molar-refractivity contribution in [2.45, 2.75) is 31.6 Å². The number of nitrogens with zero attached hydrogens (tertiary/aromatic N) is 4. The summed E-state index contributed by atoms with van der Waals surface area (Å²) in [7, 11) is 0. The fraction of sp³-hybridized carbons (Fsp3) is 0.242. The molecule has 0 aliphatic carbocycles. The van der Waals surface area contributed by atoms with Crippen molar-refractivity contribution in [3.8, 4) is 22.4 Å². The van der Waals surface area contributed by atoms with Crippen LogP contribution < -0.4 is 9.80 Å². The minimum absolute atomic E-state index is 0.0972. The minimum atomic E-state index is -0.999. The van der Waals surface area contributed by atoms with Gasteiger partial charge >= 0.3 is 5.97 Å². The highest BCUT2D eigenvalue weighted by atomic mass is 32.1. The van der Waals surface area contributed by atoms with Gasteiger partial charge in [-0.05, 0) is 42.0 Å². The fourth-order valence-electron chi connectivity index (χ4n) is 5.77. The monoisotopic (exact) mass is 578 g/mol. The van der Waals surface area contributed by atoms with Gasteiger partial charge in [0.05, 0.1) is 18.0 Å². The molecule has 0 bridgehead atoms. The number of carboxylic acid groups (broad SMARTS) is 1. The summed E-state index contributed by atoms with van der Waals surface area (Å²) in [5, 5.41) is 12.2. The Hall–Kier alpha value is -4.63. The number of hydrogen-bond acceptors (Lipinski definition) is 6. The molecule has 0 radical (unpaired) electrons. The summed E-state index contributed by atoms with van der Waals surface area (Å²) < 4.78 is 0. The maximum Gasteiger partial charge on any atom is 0.304 e. The van der Waals surface area contributed by atoms with E-state index in [1.54, 1.807) is 16.0 Å². The molecule has 4 aromatic rings. The second kappa shape index (κ2) is 12.1. The van der Waals surface area contributed by atoms with E-state index in [1.807, 2.05) is 84.3 Å². The Morgan fingerprint density at radius 2 is 1.74 bits per heavy atom. The Morgan fingerprint density at radius 1 is 0.952 bits per heavy atom. The van der Waals surface area contributed by atoms with Gasteiger partial charge in [0.15, 0.2) is 5.13 Å². The molecule has 2 amide bonds. The Labute approximate surface area is 248 Å². The largest absolute Gasteiger partial charge is 0.481 e. The Morgan fingerprint density at radius 3 is 2.45 bits per heavy atom. The van der Waals surface area contributed by atoms with Crippen molar-refractivity contribution in [3.63, 3.8) is 0 Å². The molecule has 8 nitrogen and oxygen atoms in total. The van der Waals surface area contributed by atoms with Crippen LogP contribution in [-0.2, 0) is 14.4 Å². The number of benzene rings is 2. The maximum absolute atomic E-state index is 14.0. The van der Waals surface area contributed by atoms with Crippen molar-refractivity contribution in [2.75, 3.05) is 22.9 Å². The number of aromatic nitrogens is 2. The summed E-state index contributed by atoms with van der Waals surface area (Å²) >= 11 is 1.36. The molecule has 4 heterocycles. The van der Waals surface area contributed by atoms with Crippen LogP contribution in [0.3, 0.4) is 0 Å². The van der Waals surface area contributed by atoms with Crippen molar-refractivity contribution in [1.29, 1.82) is 0 Å². The summed E-state index contributed by atoms with van der Waals surface area (Å²) in [6, 6.07) is 21.4. The first kappa shape index (κ1) is 27.5. The quantitative estimate of drug-likeness (QED) is 0.263. The van der Waals surface area contributed by atoms with Crippen LogP contribution in [0.4, 0.5) is 10.9 Å². The number of thiazole rings is 1. The van der Waals surface area contributed by atoms with Crippen LogP contribution in [0.25, 0.3) is 22.4 Å². The molecular formula is C33H30N4O4S. The average molecular weight is 579 g/mol. The van der Waals surface area contributed by atoms with Gasteiger partial charge in [-0.25, -0.2) is 9.97 Å². The molecule has 6 rings (SSSR count). The van der Waals surface area contributed by atoms with E-state index in [-0.39, 0.29) is 24.2 Å². The molecule has 9 heteroatoms. The summed E-state index contributed by atoms with van der Waals surface area (Å²) in [6.07, 6.45) is 7.50. The van der Waals surface area contributed by atoms with E-state index in [4.69, 9.17) is 4.98 Å². The molecule has 1 saturated heterocycles. The van der Waals surface area contributed by atoms with E-state index < -0.39 is 11.9 Å². The number of aliphatic carboxylic acids is 1. The van der Waals surface area contributed by atoms with E-state index in [9.17, 15) is 19.5 Å². The van der Waals surface area contributed by atoms with Crippen LogP contribution in [0.5, 0.6) is 0 Å². The minimum Gasteiger partial charge on any atom is -0.481 e. The van der Waals surface area contributed by atoms with Gasteiger partial charge in [-0.3, -0.25) is 24.2 Å². The average Bonchev–Trinajstić information content (AvgIpc) is 3.67. The predicted octanol–water partition coefficient (Wildman–Crippen LogP) is 6.17. The first-order valence-electron chi connectivity index (χ1n) is 14.0. The number of carboxylic acids is 1. The molecule has 0 spiro atoms. The number of carbonyl (C=O) groups excluding carboxylic acids is 2. The van der Waals surface area contributed by atoms with Crippen LogP contribution in [0.15, 0.2) is 90.5 Å². The van der Waals surface area contributed by atoms with Gasteiger partial charge in [-0.15, -0.1) is 11.3 Å². The second-order valence-electron chi connectivity index (χ2n) is 10.5. The standard InChI is InChI=1S/C33H30N4O4S/c38-30-14-8-18-36(30)29-16-15-23(20-34-29)25-11-4-5-13-26(25)28-21-42-33(35-28)37-17-7-6-12-24(22-9-2-1-3-10-22)27(32(37)41)19-31(39)40/h1-7,9-11,13,15-16,20-21,24,27H,8,12,14,17-19H2,(H,39,40)/t24-,27+/m1/s1. The molecule has 2 aromatic heterocycles. The number of allylic oxidation sites excluding steroid dienone is 1. The number of rotatable bonds is 7. The highest BCUT2D eigenvalue weighted by Gasteiger charge is 2.36. The Balaban J connectivity index is 1.30. The van der Waals surface area contributed by atoms with Crippen LogP contribution in [0.1, 0.15) is 37.2 Å². The van der Waals surface area contributed by atoms with Crippen LogP contribution in [-0.4, -0.2) is 45.9 Å². The lowest BCUT2D eigenvalue weighted by atomic mass is 9.80. The zero-order valence-electron chi connectivity index (χ0n) is 22.9.